The molecule has 0 spiro atoms. The molecule has 5 heteroatoms. The van der Waals surface area contributed by atoms with E-state index in [0.717, 1.165) is 27.7 Å². The Bertz CT molecular complexity index is 877. The molecule has 24 heavy (non-hydrogen) atoms. The molecule has 0 unspecified atom stereocenters. The molecule has 0 aliphatic rings. The minimum atomic E-state index is -0.366. The molecule has 0 fully saturated rings. The second kappa shape index (κ2) is 7.19. The lowest BCUT2D eigenvalue weighted by Gasteiger charge is -2.06. The highest BCUT2D eigenvalue weighted by atomic mass is 16.5. The molecule has 0 radical (unpaired) electrons. The van der Waals surface area contributed by atoms with Gasteiger partial charge in [-0.25, -0.2) is 4.79 Å². The number of hydrogen-bond acceptors (Lipinski definition) is 5. The van der Waals surface area contributed by atoms with Gasteiger partial charge in [0.1, 0.15) is 0 Å². The van der Waals surface area contributed by atoms with Crippen molar-refractivity contribution < 1.29 is 14.6 Å². The molecule has 0 aliphatic heterocycles. The number of rotatable bonds is 5. The number of esters is 1. The minimum absolute atomic E-state index is 0.108. The molecule has 0 saturated carbocycles. The molecular weight excluding hydrogens is 304 g/mol. The van der Waals surface area contributed by atoms with Crippen molar-refractivity contribution >= 4 is 16.9 Å². The normalized spacial score (nSPS) is 10.8. The fourth-order valence-electron chi connectivity index (χ4n) is 2.63. The summed E-state index contributed by atoms with van der Waals surface area (Å²) in [6.07, 6.45) is 4.62. The Morgan fingerprint density at radius 2 is 1.96 bits per heavy atom. The van der Waals surface area contributed by atoms with Crippen molar-refractivity contribution in [3.8, 4) is 0 Å². The fraction of sp³-hybridized carbons (Fsp3) is 0.211. The standard InChI is InChI=1S/C19H18N2O3/c1-24-19(23)15-4-6-20-17(11-15)10-13-2-3-18-16(8-13)9-14(5-7-22)12-21-18/h2-4,6,8-9,11-12,22H,5,7,10H2,1H3. The van der Waals surface area contributed by atoms with Gasteiger partial charge in [0.25, 0.3) is 0 Å². The molecule has 0 aliphatic carbocycles. The van der Waals surface area contributed by atoms with Crippen molar-refractivity contribution in [2.45, 2.75) is 12.8 Å². The lowest BCUT2D eigenvalue weighted by Crippen LogP contribution is -2.03. The average molecular weight is 322 g/mol. The van der Waals surface area contributed by atoms with Crippen LogP contribution in [0.5, 0.6) is 0 Å². The summed E-state index contributed by atoms with van der Waals surface area (Å²) in [5, 5.41) is 10.1. The summed E-state index contributed by atoms with van der Waals surface area (Å²) < 4.78 is 4.74. The van der Waals surface area contributed by atoms with E-state index in [1.54, 1.807) is 24.5 Å². The molecule has 2 aromatic heterocycles. The summed E-state index contributed by atoms with van der Waals surface area (Å²) in [5.74, 6) is -0.366. The number of hydrogen-bond donors (Lipinski definition) is 1. The van der Waals surface area contributed by atoms with Gasteiger partial charge in [-0.15, -0.1) is 0 Å². The number of aliphatic hydroxyl groups is 1. The number of aromatic nitrogens is 2. The van der Waals surface area contributed by atoms with Gasteiger partial charge >= 0.3 is 5.97 Å². The Kier molecular flexibility index (Phi) is 4.82. The highest BCUT2D eigenvalue weighted by Crippen LogP contribution is 2.18. The fourth-order valence-corrected chi connectivity index (χ4v) is 2.63. The Morgan fingerprint density at radius 3 is 2.75 bits per heavy atom. The first kappa shape index (κ1) is 16.1. The third kappa shape index (κ3) is 3.58. The van der Waals surface area contributed by atoms with Crippen LogP contribution in [0, 0.1) is 0 Å². The minimum Gasteiger partial charge on any atom is -0.465 e. The van der Waals surface area contributed by atoms with E-state index < -0.39 is 0 Å². The molecule has 5 nitrogen and oxygen atoms in total. The van der Waals surface area contributed by atoms with E-state index in [2.05, 4.69) is 16.0 Å². The van der Waals surface area contributed by atoms with Crippen molar-refractivity contribution in [3.05, 3.63) is 71.2 Å². The number of benzene rings is 1. The van der Waals surface area contributed by atoms with Crippen LogP contribution >= 0.6 is 0 Å². The van der Waals surface area contributed by atoms with Gasteiger partial charge in [-0.05, 0) is 47.9 Å². The van der Waals surface area contributed by atoms with Crippen molar-refractivity contribution in [1.82, 2.24) is 9.97 Å². The van der Waals surface area contributed by atoms with Crippen molar-refractivity contribution in [3.63, 3.8) is 0 Å². The Labute approximate surface area is 140 Å². The lowest BCUT2D eigenvalue weighted by atomic mass is 10.0. The maximum absolute atomic E-state index is 11.6. The summed E-state index contributed by atoms with van der Waals surface area (Å²) in [7, 11) is 1.36. The number of methoxy groups -OCH3 is 1. The molecule has 1 N–H and O–H groups in total. The van der Waals surface area contributed by atoms with Gasteiger partial charge in [0.05, 0.1) is 18.2 Å². The number of ether oxygens (including phenoxy) is 1. The van der Waals surface area contributed by atoms with Gasteiger partial charge in [0.2, 0.25) is 0 Å². The highest BCUT2D eigenvalue weighted by molar-refractivity contribution is 5.89. The SMILES string of the molecule is COC(=O)c1ccnc(Cc2ccc3ncc(CCO)cc3c2)c1. The summed E-state index contributed by atoms with van der Waals surface area (Å²) in [4.78, 5) is 20.3. The molecule has 3 rings (SSSR count). The quantitative estimate of drug-likeness (QED) is 0.731. The third-order valence-corrected chi connectivity index (χ3v) is 3.83. The topological polar surface area (TPSA) is 72.3 Å². The van der Waals surface area contributed by atoms with Gasteiger partial charge in [-0.2, -0.15) is 0 Å². The zero-order valence-corrected chi connectivity index (χ0v) is 13.4. The number of fused-ring (bicyclic) bond motifs is 1. The number of carbonyl (C=O) groups is 1. The van der Waals surface area contributed by atoms with Gasteiger partial charge in [-0.1, -0.05) is 6.07 Å². The van der Waals surface area contributed by atoms with Crippen molar-refractivity contribution in [1.29, 1.82) is 0 Å². The second-order valence-electron chi connectivity index (χ2n) is 5.55. The van der Waals surface area contributed by atoms with Crippen molar-refractivity contribution in [2.24, 2.45) is 0 Å². The zero-order chi connectivity index (χ0) is 16.9. The van der Waals surface area contributed by atoms with E-state index in [9.17, 15) is 4.79 Å². The Hall–Kier alpha value is -2.79. The average Bonchev–Trinajstić information content (AvgIpc) is 2.61. The van der Waals surface area contributed by atoms with Gasteiger partial charge in [-0.3, -0.25) is 9.97 Å². The van der Waals surface area contributed by atoms with E-state index in [1.165, 1.54) is 7.11 Å². The molecule has 1 aromatic carbocycles. The molecule has 0 amide bonds. The zero-order valence-electron chi connectivity index (χ0n) is 13.4. The first-order valence-electron chi connectivity index (χ1n) is 7.71. The van der Waals surface area contributed by atoms with Crippen LogP contribution < -0.4 is 0 Å². The van der Waals surface area contributed by atoms with Crippen LogP contribution in [0.1, 0.15) is 27.2 Å². The molecule has 0 bridgehead atoms. The predicted octanol–water partition coefficient (Wildman–Crippen LogP) is 2.54. The third-order valence-electron chi connectivity index (χ3n) is 3.83. The van der Waals surface area contributed by atoms with Gasteiger partial charge in [0, 0.05) is 36.5 Å². The van der Waals surface area contributed by atoms with Crippen LogP contribution in [0.15, 0.2) is 48.8 Å². The Balaban J connectivity index is 1.88. The van der Waals surface area contributed by atoms with Crippen LogP contribution in [0.3, 0.4) is 0 Å². The number of carbonyl (C=O) groups excluding carboxylic acids is 1. The summed E-state index contributed by atoms with van der Waals surface area (Å²) in [6.45, 7) is 0.108. The molecule has 0 saturated heterocycles. The largest absolute Gasteiger partial charge is 0.465 e. The summed E-state index contributed by atoms with van der Waals surface area (Å²) in [5.41, 5.74) is 4.30. The molecule has 122 valence electrons. The molecule has 2 heterocycles. The highest BCUT2D eigenvalue weighted by Gasteiger charge is 2.07. The first-order chi connectivity index (χ1) is 11.7. The van der Waals surface area contributed by atoms with Gasteiger partial charge < -0.3 is 9.84 Å². The second-order valence-corrected chi connectivity index (χ2v) is 5.55. The predicted molar refractivity (Wildman–Crippen MR) is 90.9 cm³/mol. The molecular formula is C19H18N2O3. The van der Waals surface area contributed by atoms with E-state index in [4.69, 9.17) is 9.84 Å². The van der Waals surface area contributed by atoms with E-state index in [-0.39, 0.29) is 12.6 Å². The van der Waals surface area contributed by atoms with E-state index >= 15 is 0 Å². The van der Waals surface area contributed by atoms with Crippen LogP contribution in [-0.4, -0.2) is 34.8 Å². The van der Waals surface area contributed by atoms with Gasteiger partial charge in [0.15, 0.2) is 0 Å². The van der Waals surface area contributed by atoms with Crippen LogP contribution in [0.25, 0.3) is 10.9 Å². The lowest BCUT2D eigenvalue weighted by molar-refractivity contribution is 0.0600. The number of nitrogens with zero attached hydrogens (tertiary/aromatic N) is 2. The summed E-state index contributed by atoms with van der Waals surface area (Å²) in [6, 6.07) is 11.5. The number of pyridine rings is 2. The smallest absolute Gasteiger partial charge is 0.337 e. The number of aliphatic hydroxyl groups excluding tert-OH is 1. The summed E-state index contributed by atoms with van der Waals surface area (Å²) >= 11 is 0. The molecule has 3 aromatic rings. The Morgan fingerprint density at radius 1 is 1.12 bits per heavy atom. The first-order valence-corrected chi connectivity index (χ1v) is 7.71. The van der Waals surface area contributed by atoms with Crippen molar-refractivity contribution in [2.75, 3.05) is 13.7 Å². The molecule has 0 atom stereocenters. The maximum atomic E-state index is 11.6. The monoisotopic (exact) mass is 322 g/mol. The van der Waals surface area contributed by atoms with E-state index in [0.29, 0.717) is 18.4 Å². The van der Waals surface area contributed by atoms with Crippen LogP contribution in [-0.2, 0) is 17.6 Å². The van der Waals surface area contributed by atoms with Crippen LogP contribution in [0.2, 0.25) is 0 Å². The maximum Gasteiger partial charge on any atom is 0.337 e. The van der Waals surface area contributed by atoms with E-state index in [1.807, 2.05) is 18.2 Å². The van der Waals surface area contributed by atoms with Crippen LogP contribution in [0.4, 0.5) is 0 Å².